The van der Waals surface area contributed by atoms with Crippen molar-refractivity contribution in [1.29, 1.82) is 0 Å². The largest absolute Gasteiger partial charge is 0.253 e. The van der Waals surface area contributed by atoms with Crippen LogP contribution < -0.4 is 5.43 Å². The fourth-order valence-corrected chi connectivity index (χ4v) is 2.76. The number of rotatable bonds is 5. The summed E-state index contributed by atoms with van der Waals surface area (Å²) in [5.41, 5.74) is 6.38. The minimum absolute atomic E-state index is 0. The molecule has 0 saturated heterocycles. The molecule has 1 aliphatic rings. The predicted molar refractivity (Wildman–Crippen MR) is 97.4 cm³/mol. The van der Waals surface area contributed by atoms with Crippen LogP contribution in [0.3, 0.4) is 0 Å². The first-order valence-corrected chi connectivity index (χ1v) is 8.10. The first-order valence-electron chi connectivity index (χ1n) is 7.22. The number of aromatic nitrogens is 1. The van der Waals surface area contributed by atoms with Gasteiger partial charge >= 0.3 is 0 Å². The molecular weight excluding hydrogens is 290 g/mol. The smallest absolute Gasteiger partial charge is 0.203 e. The molecule has 0 atom stereocenters. The maximum Gasteiger partial charge on any atom is 0.203 e. The molecule has 3 rings (SSSR count). The molecule has 0 unspecified atom stereocenters. The SMILES string of the molecule is C1=CCC=C(C/C=N\Nc2nc(-c3ccccc3)cs2)C=C1.[HH]. The molecule has 1 aromatic heterocycles. The van der Waals surface area contributed by atoms with Crippen LogP contribution in [0.25, 0.3) is 11.3 Å². The number of hydrazone groups is 1. The number of hydrogen-bond donors (Lipinski definition) is 1. The molecule has 112 valence electrons. The van der Waals surface area contributed by atoms with Crippen molar-refractivity contribution in [1.82, 2.24) is 4.98 Å². The van der Waals surface area contributed by atoms with Gasteiger partial charge in [-0.25, -0.2) is 4.98 Å². The number of nitrogens with one attached hydrogen (secondary N) is 1. The molecule has 0 amide bonds. The predicted octanol–water partition coefficient (Wildman–Crippen LogP) is 5.29. The van der Waals surface area contributed by atoms with E-state index in [0.29, 0.717) is 0 Å². The third-order valence-electron chi connectivity index (χ3n) is 3.23. The van der Waals surface area contributed by atoms with Gasteiger partial charge in [0.1, 0.15) is 0 Å². The van der Waals surface area contributed by atoms with Crippen molar-refractivity contribution in [3.05, 3.63) is 71.7 Å². The number of allylic oxidation sites excluding steroid dienone is 6. The van der Waals surface area contributed by atoms with E-state index in [1.807, 2.05) is 29.8 Å². The zero-order valence-electron chi connectivity index (χ0n) is 12.1. The second-order valence-corrected chi connectivity index (χ2v) is 5.69. The normalized spacial score (nSPS) is 14.1. The molecule has 1 aromatic carbocycles. The summed E-state index contributed by atoms with van der Waals surface area (Å²) in [7, 11) is 0. The van der Waals surface area contributed by atoms with E-state index >= 15 is 0 Å². The molecule has 0 spiro atoms. The van der Waals surface area contributed by atoms with Crippen molar-refractivity contribution in [3.63, 3.8) is 0 Å². The third-order valence-corrected chi connectivity index (χ3v) is 3.97. The van der Waals surface area contributed by atoms with Crippen LogP contribution >= 0.6 is 11.3 Å². The summed E-state index contributed by atoms with van der Waals surface area (Å²) in [6.45, 7) is 0. The highest BCUT2D eigenvalue weighted by atomic mass is 32.1. The lowest BCUT2D eigenvalue weighted by atomic mass is 10.1. The highest BCUT2D eigenvalue weighted by Crippen LogP contribution is 2.24. The van der Waals surface area contributed by atoms with Gasteiger partial charge in [0.15, 0.2) is 0 Å². The molecule has 1 heterocycles. The Bertz CT molecular complexity index is 730. The van der Waals surface area contributed by atoms with Crippen LogP contribution in [0, 0.1) is 0 Å². The van der Waals surface area contributed by atoms with Crippen molar-refractivity contribution in [2.75, 3.05) is 5.43 Å². The second kappa shape index (κ2) is 7.52. The van der Waals surface area contributed by atoms with Gasteiger partial charge in [-0.05, 0) is 12.0 Å². The number of hydrogen-bond acceptors (Lipinski definition) is 4. The first kappa shape index (κ1) is 14.5. The Morgan fingerprint density at radius 1 is 1.27 bits per heavy atom. The van der Waals surface area contributed by atoms with E-state index < -0.39 is 0 Å². The van der Waals surface area contributed by atoms with E-state index in [-0.39, 0.29) is 1.43 Å². The molecule has 0 saturated carbocycles. The summed E-state index contributed by atoms with van der Waals surface area (Å²) in [5, 5.41) is 7.10. The summed E-state index contributed by atoms with van der Waals surface area (Å²) in [5.74, 6) is 0. The van der Waals surface area contributed by atoms with Gasteiger partial charge in [0, 0.05) is 25.0 Å². The highest BCUT2D eigenvalue weighted by Gasteiger charge is 2.02. The van der Waals surface area contributed by atoms with Gasteiger partial charge in [0.25, 0.3) is 0 Å². The van der Waals surface area contributed by atoms with Gasteiger partial charge in [-0.15, -0.1) is 11.3 Å². The second-order valence-electron chi connectivity index (χ2n) is 4.83. The van der Waals surface area contributed by atoms with Gasteiger partial charge in [0.05, 0.1) is 5.69 Å². The third kappa shape index (κ3) is 4.02. The number of benzene rings is 1. The number of anilines is 1. The zero-order chi connectivity index (χ0) is 15.0. The summed E-state index contributed by atoms with van der Waals surface area (Å²) >= 11 is 1.56. The molecule has 0 radical (unpaired) electrons. The standard InChI is InChI=1S/C18H17N3S.H2/c1-2-5-9-15(8-4-1)12-13-19-21-18-20-17(14-22-18)16-10-6-3-7-11-16;/h1-4,6-11,13-14H,5,12H2,(H,20,21);1H/b19-13-;. The van der Waals surface area contributed by atoms with Crippen molar-refractivity contribution in [2.24, 2.45) is 5.10 Å². The molecule has 3 nitrogen and oxygen atoms in total. The van der Waals surface area contributed by atoms with E-state index in [2.05, 4.69) is 58.0 Å². The summed E-state index contributed by atoms with van der Waals surface area (Å²) < 4.78 is 0. The minimum atomic E-state index is 0. The Morgan fingerprint density at radius 2 is 2.18 bits per heavy atom. The lowest BCUT2D eigenvalue weighted by Gasteiger charge is -1.96. The Hall–Kier alpha value is -2.46. The molecule has 0 fully saturated rings. The maximum absolute atomic E-state index is 4.53. The summed E-state index contributed by atoms with van der Waals surface area (Å²) in [6, 6.07) is 10.2. The van der Waals surface area contributed by atoms with Crippen LogP contribution in [-0.2, 0) is 0 Å². The van der Waals surface area contributed by atoms with Gasteiger partial charge in [-0.2, -0.15) is 5.10 Å². The fraction of sp³-hybridized carbons (Fsp3) is 0.111. The fourth-order valence-electron chi connectivity index (χ4n) is 2.09. The molecule has 22 heavy (non-hydrogen) atoms. The average molecular weight is 309 g/mol. The summed E-state index contributed by atoms with van der Waals surface area (Å²) in [6.07, 6.45) is 14.3. The first-order chi connectivity index (χ1) is 10.9. The topological polar surface area (TPSA) is 37.3 Å². The number of nitrogens with zero attached hydrogens (tertiary/aromatic N) is 2. The van der Waals surface area contributed by atoms with Gasteiger partial charge < -0.3 is 0 Å². The van der Waals surface area contributed by atoms with E-state index in [0.717, 1.165) is 29.2 Å². The van der Waals surface area contributed by atoms with Crippen LogP contribution in [-0.4, -0.2) is 11.2 Å². The lowest BCUT2D eigenvalue weighted by molar-refractivity contribution is 1.25. The molecule has 1 N–H and O–H groups in total. The van der Waals surface area contributed by atoms with Crippen molar-refractivity contribution in [2.45, 2.75) is 12.8 Å². The van der Waals surface area contributed by atoms with E-state index in [1.165, 1.54) is 5.57 Å². The molecule has 0 bridgehead atoms. The number of thiazole rings is 1. The van der Waals surface area contributed by atoms with Crippen molar-refractivity contribution >= 4 is 22.7 Å². The van der Waals surface area contributed by atoms with Crippen LogP contribution in [0.2, 0.25) is 0 Å². The van der Waals surface area contributed by atoms with E-state index in [1.54, 1.807) is 11.3 Å². The Balaban J connectivity index is 0.00000192. The van der Waals surface area contributed by atoms with E-state index in [4.69, 9.17) is 0 Å². The zero-order valence-corrected chi connectivity index (χ0v) is 13.0. The lowest BCUT2D eigenvalue weighted by Crippen LogP contribution is -1.90. The van der Waals surface area contributed by atoms with Crippen LogP contribution in [0.4, 0.5) is 5.13 Å². The molecule has 4 heteroatoms. The Labute approximate surface area is 135 Å². The highest BCUT2D eigenvalue weighted by molar-refractivity contribution is 7.14. The van der Waals surface area contributed by atoms with Crippen LogP contribution in [0.1, 0.15) is 14.3 Å². The Morgan fingerprint density at radius 3 is 3.09 bits per heavy atom. The van der Waals surface area contributed by atoms with E-state index in [9.17, 15) is 0 Å². The monoisotopic (exact) mass is 309 g/mol. The maximum atomic E-state index is 4.53. The molecule has 0 aliphatic heterocycles. The van der Waals surface area contributed by atoms with Gasteiger partial charge in [-0.3, -0.25) is 5.43 Å². The van der Waals surface area contributed by atoms with Crippen LogP contribution in [0.15, 0.2) is 76.8 Å². The summed E-state index contributed by atoms with van der Waals surface area (Å²) in [4.78, 5) is 4.53. The van der Waals surface area contributed by atoms with Crippen LogP contribution in [0.5, 0.6) is 0 Å². The van der Waals surface area contributed by atoms with Gasteiger partial charge in [0.2, 0.25) is 5.13 Å². The Kier molecular flexibility index (Phi) is 4.95. The van der Waals surface area contributed by atoms with Crippen molar-refractivity contribution < 1.29 is 1.43 Å². The molecule has 2 aromatic rings. The average Bonchev–Trinajstić information content (AvgIpc) is 2.88. The van der Waals surface area contributed by atoms with Crippen molar-refractivity contribution in [3.8, 4) is 11.3 Å². The minimum Gasteiger partial charge on any atom is -0.253 e. The quantitative estimate of drug-likeness (QED) is 0.602. The molecule has 1 aliphatic carbocycles. The van der Waals surface area contributed by atoms with Gasteiger partial charge in [-0.1, -0.05) is 60.7 Å². The molecular formula is C18H19N3S.